The number of piperazine rings is 1. The predicted octanol–water partition coefficient (Wildman–Crippen LogP) is 2.11. The fourth-order valence-electron chi connectivity index (χ4n) is 4.05. The van der Waals surface area contributed by atoms with Crippen molar-refractivity contribution in [3.63, 3.8) is 0 Å². The lowest BCUT2D eigenvalue weighted by Gasteiger charge is -2.35. The number of amides is 2. The van der Waals surface area contributed by atoms with Crippen molar-refractivity contribution in [2.45, 2.75) is 24.8 Å². The molecule has 2 aliphatic rings. The van der Waals surface area contributed by atoms with Crippen molar-refractivity contribution in [1.82, 2.24) is 9.62 Å². The molecule has 2 amide bonds. The third-order valence-corrected chi connectivity index (χ3v) is 7.85. The molecular weight excluding hydrogens is 463 g/mol. The van der Waals surface area contributed by atoms with Crippen LogP contribution in [-0.4, -0.2) is 70.1 Å². The number of hydrogen-bond acceptors (Lipinski definition) is 6. The molecule has 2 aromatic carbocycles. The normalized spacial score (nSPS) is 19.3. The van der Waals surface area contributed by atoms with E-state index in [0.717, 1.165) is 5.56 Å². The zero-order valence-electron chi connectivity index (χ0n) is 19.0. The summed E-state index contributed by atoms with van der Waals surface area (Å²) < 4.78 is 47.4. The molecule has 1 N–H and O–H groups in total. The Kier molecular flexibility index (Phi) is 6.76. The fraction of sp³-hybridized carbons (Fsp3) is 0.391. The summed E-state index contributed by atoms with van der Waals surface area (Å²) in [6.07, 6.45) is -1.11. The number of anilines is 2. The van der Waals surface area contributed by atoms with Crippen LogP contribution >= 0.6 is 0 Å². The van der Waals surface area contributed by atoms with E-state index >= 15 is 0 Å². The Morgan fingerprint density at radius 2 is 1.79 bits per heavy atom. The van der Waals surface area contributed by atoms with Gasteiger partial charge >= 0.3 is 6.09 Å². The lowest BCUT2D eigenvalue weighted by molar-refractivity contribution is -0.119. The summed E-state index contributed by atoms with van der Waals surface area (Å²) in [4.78, 5) is 26.6. The maximum atomic E-state index is 15.0. The van der Waals surface area contributed by atoms with Crippen LogP contribution in [0.25, 0.3) is 0 Å². The van der Waals surface area contributed by atoms with Crippen molar-refractivity contribution >= 4 is 33.4 Å². The van der Waals surface area contributed by atoms with Gasteiger partial charge in [-0.1, -0.05) is 17.7 Å². The van der Waals surface area contributed by atoms with E-state index in [1.807, 2.05) is 6.92 Å². The third-order valence-electron chi connectivity index (χ3n) is 5.93. The molecule has 4 rings (SSSR count). The smallest absolute Gasteiger partial charge is 0.414 e. The average Bonchev–Trinajstić information content (AvgIpc) is 3.18. The molecule has 2 heterocycles. The highest BCUT2D eigenvalue weighted by molar-refractivity contribution is 7.89. The summed E-state index contributed by atoms with van der Waals surface area (Å²) >= 11 is 0. The molecule has 0 unspecified atom stereocenters. The van der Waals surface area contributed by atoms with Gasteiger partial charge < -0.3 is 15.0 Å². The quantitative estimate of drug-likeness (QED) is 0.666. The Bertz CT molecular complexity index is 1180. The maximum absolute atomic E-state index is 15.0. The van der Waals surface area contributed by atoms with E-state index < -0.39 is 28.0 Å². The maximum Gasteiger partial charge on any atom is 0.414 e. The van der Waals surface area contributed by atoms with Crippen LogP contribution in [0.15, 0.2) is 47.4 Å². The van der Waals surface area contributed by atoms with Crippen molar-refractivity contribution in [3.8, 4) is 0 Å². The van der Waals surface area contributed by atoms with Gasteiger partial charge in [-0.2, -0.15) is 4.31 Å². The van der Waals surface area contributed by atoms with Crippen molar-refractivity contribution < 1.29 is 27.1 Å². The van der Waals surface area contributed by atoms with E-state index in [-0.39, 0.29) is 37.0 Å². The van der Waals surface area contributed by atoms with Crippen LogP contribution in [0.3, 0.4) is 0 Å². The lowest BCUT2D eigenvalue weighted by atomic mass is 10.2. The molecule has 2 aromatic rings. The second-order valence-electron chi connectivity index (χ2n) is 8.39. The molecule has 0 saturated carbocycles. The highest BCUT2D eigenvalue weighted by Crippen LogP contribution is 2.29. The number of rotatable bonds is 6. The topological polar surface area (TPSA) is 99.3 Å². The second kappa shape index (κ2) is 9.59. The number of aryl methyl sites for hydroxylation is 1. The van der Waals surface area contributed by atoms with Crippen LogP contribution in [0.1, 0.15) is 12.5 Å². The Labute approximate surface area is 198 Å². The van der Waals surface area contributed by atoms with Crippen LogP contribution in [0.4, 0.5) is 20.6 Å². The number of cyclic esters (lactones) is 1. The van der Waals surface area contributed by atoms with Gasteiger partial charge in [0.15, 0.2) is 0 Å². The van der Waals surface area contributed by atoms with E-state index in [4.69, 9.17) is 4.74 Å². The molecule has 0 spiro atoms. The molecule has 0 bridgehead atoms. The molecule has 9 nitrogen and oxygen atoms in total. The van der Waals surface area contributed by atoms with E-state index in [1.165, 1.54) is 22.2 Å². The van der Waals surface area contributed by atoms with Gasteiger partial charge in [0.2, 0.25) is 15.9 Å². The first-order valence-electron chi connectivity index (χ1n) is 11.0. The summed E-state index contributed by atoms with van der Waals surface area (Å²) in [7, 11) is -3.61. The van der Waals surface area contributed by atoms with Crippen LogP contribution in [0.5, 0.6) is 0 Å². The molecule has 11 heteroatoms. The number of sulfonamides is 1. The largest absolute Gasteiger partial charge is 0.442 e. The molecule has 0 aliphatic carbocycles. The van der Waals surface area contributed by atoms with Gasteiger partial charge in [0, 0.05) is 33.1 Å². The van der Waals surface area contributed by atoms with Gasteiger partial charge in [0.1, 0.15) is 11.9 Å². The summed E-state index contributed by atoms with van der Waals surface area (Å²) in [6.45, 7) is 4.81. The van der Waals surface area contributed by atoms with Crippen molar-refractivity contribution in [2.75, 3.05) is 49.1 Å². The number of halogens is 1. The lowest BCUT2D eigenvalue weighted by Crippen LogP contribution is -2.48. The van der Waals surface area contributed by atoms with Crippen LogP contribution in [-0.2, 0) is 19.6 Å². The highest BCUT2D eigenvalue weighted by Gasteiger charge is 2.33. The summed E-state index contributed by atoms with van der Waals surface area (Å²) in [6, 6.07) is 11.2. The molecule has 0 aromatic heterocycles. The average molecular weight is 491 g/mol. The van der Waals surface area contributed by atoms with Crippen molar-refractivity contribution in [1.29, 1.82) is 0 Å². The van der Waals surface area contributed by atoms with Gasteiger partial charge in [-0.05, 0) is 37.3 Å². The Balaban J connectivity index is 1.40. The molecule has 34 heavy (non-hydrogen) atoms. The van der Waals surface area contributed by atoms with Gasteiger partial charge in [0.25, 0.3) is 0 Å². The number of carbonyl (C=O) groups is 2. The van der Waals surface area contributed by atoms with E-state index in [2.05, 4.69) is 5.32 Å². The first kappa shape index (κ1) is 24.0. The number of hydrogen-bond donors (Lipinski definition) is 1. The molecule has 2 fully saturated rings. The van der Waals surface area contributed by atoms with Gasteiger partial charge in [-0.25, -0.2) is 17.6 Å². The Morgan fingerprint density at radius 3 is 2.41 bits per heavy atom. The van der Waals surface area contributed by atoms with Crippen molar-refractivity contribution in [2.24, 2.45) is 0 Å². The van der Waals surface area contributed by atoms with Crippen LogP contribution in [0, 0.1) is 12.7 Å². The number of nitrogens with one attached hydrogen (secondary N) is 1. The van der Waals surface area contributed by atoms with Gasteiger partial charge in [-0.3, -0.25) is 9.69 Å². The first-order valence-corrected chi connectivity index (χ1v) is 12.4. The predicted molar refractivity (Wildman–Crippen MR) is 125 cm³/mol. The Morgan fingerprint density at radius 1 is 1.12 bits per heavy atom. The summed E-state index contributed by atoms with van der Waals surface area (Å²) in [5, 5.41) is 2.60. The van der Waals surface area contributed by atoms with E-state index in [0.29, 0.717) is 24.5 Å². The minimum absolute atomic E-state index is 0.188. The fourth-order valence-corrected chi connectivity index (χ4v) is 5.47. The molecule has 2 aliphatic heterocycles. The minimum Gasteiger partial charge on any atom is -0.442 e. The monoisotopic (exact) mass is 490 g/mol. The number of ether oxygens (including phenoxy) is 1. The zero-order valence-corrected chi connectivity index (χ0v) is 19.8. The SMILES string of the molecule is CC(=O)NC[C@H]1CN(c2ccc(N3CCN(S(=O)(=O)c4ccc(C)cc4)CC3)c(F)c2)C(=O)O1. The standard InChI is InChI=1S/C23H27FN4O5S/c1-16-3-6-20(7-4-16)34(31,32)27-11-9-26(10-12-27)22-8-5-18(13-21(22)24)28-15-19(33-23(28)30)14-25-17(2)29/h3-8,13,19H,9-12,14-15H2,1-2H3,(H,25,29)/t19-/m0/s1. The van der Waals surface area contributed by atoms with Gasteiger partial charge in [0.05, 0.1) is 29.4 Å². The van der Waals surface area contributed by atoms with E-state index in [9.17, 15) is 22.4 Å². The number of nitrogens with zero attached hydrogens (tertiary/aromatic N) is 3. The van der Waals surface area contributed by atoms with Gasteiger partial charge in [-0.15, -0.1) is 0 Å². The number of benzene rings is 2. The minimum atomic E-state index is -3.61. The molecular formula is C23H27FN4O5S. The highest BCUT2D eigenvalue weighted by atomic mass is 32.2. The van der Waals surface area contributed by atoms with E-state index in [1.54, 1.807) is 41.3 Å². The second-order valence-corrected chi connectivity index (χ2v) is 10.3. The third kappa shape index (κ3) is 5.00. The molecule has 1 atom stereocenters. The summed E-state index contributed by atoms with van der Waals surface area (Å²) in [5.41, 5.74) is 1.68. The molecule has 182 valence electrons. The number of carbonyl (C=O) groups excluding carboxylic acids is 2. The molecule has 2 saturated heterocycles. The Hall–Kier alpha value is -3.18. The molecule has 0 radical (unpaired) electrons. The van der Waals surface area contributed by atoms with Crippen LogP contribution in [0.2, 0.25) is 0 Å². The van der Waals surface area contributed by atoms with Crippen molar-refractivity contribution in [3.05, 3.63) is 53.8 Å². The van der Waals surface area contributed by atoms with Crippen LogP contribution < -0.4 is 15.1 Å². The first-order chi connectivity index (χ1) is 16.1. The summed E-state index contributed by atoms with van der Waals surface area (Å²) in [5.74, 6) is -0.734. The zero-order chi connectivity index (χ0) is 24.5.